The van der Waals surface area contributed by atoms with Gasteiger partial charge in [-0.3, -0.25) is 4.90 Å². The first-order valence-electron chi connectivity index (χ1n) is 5.34. The van der Waals surface area contributed by atoms with Crippen LogP contribution in [-0.2, 0) is 6.54 Å². The minimum absolute atomic E-state index is 0. The molecule has 1 atom stereocenters. The summed E-state index contributed by atoms with van der Waals surface area (Å²) in [5, 5.41) is 3.46. The number of rotatable bonds is 2. The lowest BCUT2D eigenvalue weighted by molar-refractivity contribution is 0.199. The Bertz CT molecular complexity index is 276. The predicted octanol–water partition coefficient (Wildman–Crippen LogP) is 1.90. The van der Waals surface area contributed by atoms with E-state index in [-0.39, 0.29) is 12.4 Å². The number of piperazine rings is 1. The minimum atomic E-state index is 0. The normalized spacial score (nSPS) is 22.1. The second kappa shape index (κ2) is 6.11. The maximum atomic E-state index is 3.46. The maximum absolute atomic E-state index is 3.46. The largest absolute Gasteiger partial charge is 0.312 e. The summed E-state index contributed by atoms with van der Waals surface area (Å²) in [7, 11) is 0. The van der Waals surface area contributed by atoms with Gasteiger partial charge in [0.1, 0.15) is 0 Å². The molecule has 1 fully saturated rings. The summed E-state index contributed by atoms with van der Waals surface area (Å²) in [4.78, 5) is 2.51. The Hall–Kier alpha value is -0.570. The van der Waals surface area contributed by atoms with Crippen LogP contribution < -0.4 is 5.32 Å². The first-order chi connectivity index (χ1) is 6.84. The van der Waals surface area contributed by atoms with Crippen molar-refractivity contribution in [3.05, 3.63) is 35.9 Å². The van der Waals surface area contributed by atoms with Crippen LogP contribution in [0.4, 0.5) is 0 Å². The molecular weight excluding hydrogens is 208 g/mol. The summed E-state index contributed by atoms with van der Waals surface area (Å²) in [6, 6.07) is 11.3. The van der Waals surface area contributed by atoms with Crippen LogP contribution in [0.5, 0.6) is 0 Å². The van der Waals surface area contributed by atoms with Crippen molar-refractivity contribution >= 4 is 12.4 Å². The quantitative estimate of drug-likeness (QED) is 0.829. The average Bonchev–Trinajstić information content (AvgIpc) is 2.19. The first kappa shape index (κ1) is 12.5. The smallest absolute Gasteiger partial charge is 0.0234 e. The van der Waals surface area contributed by atoms with E-state index in [4.69, 9.17) is 0 Å². The molecule has 0 radical (unpaired) electrons. The molecule has 1 aliphatic rings. The Balaban J connectivity index is 0.00000112. The van der Waals surface area contributed by atoms with Crippen LogP contribution in [0.25, 0.3) is 0 Å². The number of hydrogen-bond acceptors (Lipinski definition) is 2. The Kier molecular flexibility index (Phi) is 5.09. The zero-order valence-electron chi connectivity index (χ0n) is 9.15. The molecule has 2 nitrogen and oxygen atoms in total. The van der Waals surface area contributed by atoms with E-state index < -0.39 is 0 Å². The lowest BCUT2D eigenvalue weighted by Gasteiger charge is -2.31. The molecule has 0 bridgehead atoms. The topological polar surface area (TPSA) is 15.3 Å². The van der Waals surface area contributed by atoms with Gasteiger partial charge in [0.25, 0.3) is 0 Å². The molecule has 1 saturated heterocycles. The Morgan fingerprint density at radius 2 is 2.07 bits per heavy atom. The molecular formula is C12H19ClN2. The molecule has 15 heavy (non-hydrogen) atoms. The van der Waals surface area contributed by atoms with Crippen molar-refractivity contribution in [3.63, 3.8) is 0 Å². The lowest BCUT2D eigenvalue weighted by atomic mass is 10.2. The fourth-order valence-corrected chi connectivity index (χ4v) is 2.00. The third-order valence-corrected chi connectivity index (χ3v) is 2.70. The Labute approximate surface area is 98.1 Å². The maximum Gasteiger partial charge on any atom is 0.0234 e. The van der Waals surface area contributed by atoms with Crippen molar-refractivity contribution in [2.45, 2.75) is 19.5 Å². The monoisotopic (exact) mass is 226 g/mol. The van der Waals surface area contributed by atoms with Gasteiger partial charge >= 0.3 is 0 Å². The van der Waals surface area contributed by atoms with Gasteiger partial charge < -0.3 is 5.32 Å². The summed E-state index contributed by atoms with van der Waals surface area (Å²) in [5.41, 5.74) is 1.42. The highest BCUT2D eigenvalue weighted by Gasteiger charge is 2.14. The van der Waals surface area contributed by atoms with Crippen molar-refractivity contribution in [2.24, 2.45) is 0 Å². The van der Waals surface area contributed by atoms with Crippen LogP contribution in [0.3, 0.4) is 0 Å². The summed E-state index contributed by atoms with van der Waals surface area (Å²) in [6.07, 6.45) is 0. The Morgan fingerprint density at radius 3 is 2.73 bits per heavy atom. The van der Waals surface area contributed by atoms with Crippen LogP contribution in [0.15, 0.2) is 30.3 Å². The van der Waals surface area contributed by atoms with E-state index >= 15 is 0 Å². The second-order valence-corrected chi connectivity index (χ2v) is 4.08. The third kappa shape index (κ3) is 3.82. The van der Waals surface area contributed by atoms with Crippen molar-refractivity contribution < 1.29 is 0 Å². The van der Waals surface area contributed by atoms with E-state index in [1.54, 1.807) is 0 Å². The highest BCUT2D eigenvalue weighted by molar-refractivity contribution is 5.85. The molecule has 1 aromatic carbocycles. The lowest BCUT2D eigenvalue weighted by Crippen LogP contribution is -2.48. The predicted molar refractivity (Wildman–Crippen MR) is 66.4 cm³/mol. The van der Waals surface area contributed by atoms with Gasteiger partial charge in [0, 0.05) is 32.2 Å². The molecule has 84 valence electrons. The molecule has 0 saturated carbocycles. The fourth-order valence-electron chi connectivity index (χ4n) is 2.00. The van der Waals surface area contributed by atoms with E-state index in [0.717, 1.165) is 19.6 Å². The van der Waals surface area contributed by atoms with Gasteiger partial charge in [-0.2, -0.15) is 0 Å². The summed E-state index contributed by atoms with van der Waals surface area (Å²) >= 11 is 0. The summed E-state index contributed by atoms with van der Waals surface area (Å²) in [5.74, 6) is 0. The number of hydrogen-bond donors (Lipinski definition) is 1. The SMILES string of the molecule is C[C@H]1CN(Cc2ccccc2)CCN1.Cl. The highest BCUT2D eigenvalue weighted by atomic mass is 35.5. The molecule has 3 heteroatoms. The van der Waals surface area contributed by atoms with Gasteiger partial charge in [-0.05, 0) is 12.5 Å². The molecule has 0 aromatic heterocycles. The van der Waals surface area contributed by atoms with E-state index in [2.05, 4.69) is 47.5 Å². The van der Waals surface area contributed by atoms with Crippen molar-refractivity contribution in [3.8, 4) is 0 Å². The standard InChI is InChI=1S/C12H18N2.ClH/c1-11-9-14(8-7-13-11)10-12-5-3-2-4-6-12;/h2-6,11,13H,7-10H2,1H3;1H/t11-;/m0./s1. The van der Waals surface area contributed by atoms with E-state index in [0.29, 0.717) is 6.04 Å². The van der Waals surface area contributed by atoms with Crippen LogP contribution in [0.1, 0.15) is 12.5 Å². The molecule has 1 N–H and O–H groups in total. The van der Waals surface area contributed by atoms with Crippen molar-refractivity contribution in [1.29, 1.82) is 0 Å². The van der Waals surface area contributed by atoms with E-state index in [1.165, 1.54) is 12.1 Å². The molecule has 1 aromatic rings. The van der Waals surface area contributed by atoms with E-state index in [9.17, 15) is 0 Å². The zero-order chi connectivity index (χ0) is 9.80. The minimum Gasteiger partial charge on any atom is -0.312 e. The third-order valence-electron chi connectivity index (χ3n) is 2.70. The van der Waals surface area contributed by atoms with Gasteiger partial charge in [-0.15, -0.1) is 12.4 Å². The van der Waals surface area contributed by atoms with Gasteiger partial charge in [0.2, 0.25) is 0 Å². The summed E-state index contributed by atoms with van der Waals surface area (Å²) < 4.78 is 0. The molecule has 2 rings (SSSR count). The van der Waals surface area contributed by atoms with Crippen molar-refractivity contribution in [2.75, 3.05) is 19.6 Å². The van der Waals surface area contributed by atoms with Crippen molar-refractivity contribution in [1.82, 2.24) is 10.2 Å². The van der Waals surface area contributed by atoms with Gasteiger partial charge in [-0.1, -0.05) is 30.3 Å². The van der Waals surface area contributed by atoms with Crippen LogP contribution in [0, 0.1) is 0 Å². The fraction of sp³-hybridized carbons (Fsp3) is 0.500. The highest BCUT2D eigenvalue weighted by Crippen LogP contribution is 2.06. The zero-order valence-corrected chi connectivity index (χ0v) is 9.96. The van der Waals surface area contributed by atoms with Crippen LogP contribution in [0.2, 0.25) is 0 Å². The van der Waals surface area contributed by atoms with Crippen LogP contribution in [-0.4, -0.2) is 30.6 Å². The van der Waals surface area contributed by atoms with Gasteiger partial charge in [0.05, 0.1) is 0 Å². The first-order valence-corrected chi connectivity index (χ1v) is 5.34. The Morgan fingerprint density at radius 1 is 1.33 bits per heavy atom. The molecule has 1 aliphatic heterocycles. The molecule has 0 aliphatic carbocycles. The summed E-state index contributed by atoms with van der Waals surface area (Å²) in [6.45, 7) is 6.78. The van der Waals surface area contributed by atoms with E-state index in [1.807, 2.05) is 0 Å². The van der Waals surface area contributed by atoms with Crippen LogP contribution >= 0.6 is 12.4 Å². The number of halogens is 1. The number of nitrogens with zero attached hydrogens (tertiary/aromatic N) is 1. The average molecular weight is 227 g/mol. The molecule has 1 heterocycles. The van der Waals surface area contributed by atoms with Gasteiger partial charge in [-0.25, -0.2) is 0 Å². The molecule has 0 amide bonds. The molecule has 0 unspecified atom stereocenters. The molecule has 0 spiro atoms. The number of benzene rings is 1. The second-order valence-electron chi connectivity index (χ2n) is 4.08. The number of nitrogens with one attached hydrogen (secondary N) is 1. The van der Waals surface area contributed by atoms with Gasteiger partial charge in [0.15, 0.2) is 0 Å².